The molecule has 2 heterocycles. The molecule has 114 valence electrons. The Balaban J connectivity index is 2.06. The standard InChI is InChI=1S/C15H19BrClN3S/c1-3-6-18-8-13-12(17)4-5-15(19-13)20(2)9-11-7-14(16)21-10-11/h4-5,7,10,18H,3,6,8-9H2,1-2H3. The quantitative estimate of drug-likeness (QED) is 0.697. The lowest BCUT2D eigenvalue weighted by atomic mass is 10.3. The van der Waals surface area contributed by atoms with E-state index in [9.17, 15) is 0 Å². The molecule has 0 unspecified atom stereocenters. The lowest BCUT2D eigenvalue weighted by Crippen LogP contribution is -2.20. The zero-order valence-electron chi connectivity index (χ0n) is 12.2. The van der Waals surface area contributed by atoms with E-state index in [0.717, 1.165) is 34.8 Å². The minimum absolute atomic E-state index is 0.707. The van der Waals surface area contributed by atoms with Gasteiger partial charge in [-0.2, -0.15) is 0 Å². The predicted molar refractivity (Wildman–Crippen MR) is 95.4 cm³/mol. The predicted octanol–water partition coefficient (Wildman–Crippen LogP) is 4.70. The van der Waals surface area contributed by atoms with Crippen molar-refractivity contribution in [3.8, 4) is 0 Å². The van der Waals surface area contributed by atoms with E-state index in [4.69, 9.17) is 11.6 Å². The number of nitrogens with zero attached hydrogens (tertiary/aromatic N) is 2. The first-order valence-electron chi connectivity index (χ1n) is 6.90. The lowest BCUT2D eigenvalue weighted by molar-refractivity contribution is 0.663. The molecule has 0 aliphatic rings. The fourth-order valence-corrected chi connectivity index (χ4v) is 3.35. The number of halogens is 2. The van der Waals surface area contributed by atoms with Gasteiger partial charge in [0.15, 0.2) is 0 Å². The molecule has 1 N–H and O–H groups in total. The SMILES string of the molecule is CCCNCc1nc(N(C)Cc2csc(Br)c2)ccc1Cl. The molecule has 3 nitrogen and oxygen atoms in total. The number of hydrogen-bond donors (Lipinski definition) is 1. The molecule has 0 radical (unpaired) electrons. The average Bonchev–Trinajstić information content (AvgIpc) is 2.86. The van der Waals surface area contributed by atoms with Crippen molar-refractivity contribution in [2.75, 3.05) is 18.5 Å². The maximum atomic E-state index is 6.22. The third kappa shape index (κ3) is 4.95. The monoisotopic (exact) mass is 387 g/mol. The van der Waals surface area contributed by atoms with Crippen LogP contribution in [-0.2, 0) is 13.1 Å². The highest BCUT2D eigenvalue weighted by atomic mass is 79.9. The Morgan fingerprint density at radius 2 is 2.24 bits per heavy atom. The summed E-state index contributed by atoms with van der Waals surface area (Å²) in [5.41, 5.74) is 2.18. The van der Waals surface area contributed by atoms with E-state index in [1.807, 2.05) is 19.2 Å². The minimum Gasteiger partial charge on any atom is -0.355 e. The van der Waals surface area contributed by atoms with Gasteiger partial charge in [-0.05, 0) is 58.0 Å². The molecule has 6 heteroatoms. The molecule has 0 amide bonds. The van der Waals surface area contributed by atoms with E-state index in [1.165, 1.54) is 5.56 Å². The second-order valence-corrected chi connectivity index (χ2v) is 7.59. The first-order chi connectivity index (χ1) is 10.1. The van der Waals surface area contributed by atoms with Gasteiger partial charge in [0.1, 0.15) is 5.82 Å². The van der Waals surface area contributed by atoms with Crippen LogP contribution in [0.4, 0.5) is 5.82 Å². The van der Waals surface area contributed by atoms with Gasteiger partial charge in [0.25, 0.3) is 0 Å². The summed E-state index contributed by atoms with van der Waals surface area (Å²) >= 11 is 11.4. The molecule has 2 aromatic rings. The van der Waals surface area contributed by atoms with Crippen LogP contribution in [0.3, 0.4) is 0 Å². The van der Waals surface area contributed by atoms with Crippen molar-refractivity contribution in [1.82, 2.24) is 10.3 Å². The van der Waals surface area contributed by atoms with E-state index < -0.39 is 0 Å². The Bertz CT molecular complexity index is 588. The zero-order chi connectivity index (χ0) is 15.2. The number of nitrogens with one attached hydrogen (secondary N) is 1. The second kappa shape index (κ2) is 8.13. The normalized spacial score (nSPS) is 10.9. The van der Waals surface area contributed by atoms with Crippen molar-refractivity contribution in [2.24, 2.45) is 0 Å². The highest BCUT2D eigenvalue weighted by Crippen LogP contribution is 2.24. The fourth-order valence-electron chi connectivity index (χ4n) is 1.98. The molecule has 0 spiro atoms. The number of hydrogen-bond acceptors (Lipinski definition) is 4. The Labute approximate surface area is 143 Å². The summed E-state index contributed by atoms with van der Waals surface area (Å²) in [5, 5.41) is 6.21. The highest BCUT2D eigenvalue weighted by Gasteiger charge is 2.09. The van der Waals surface area contributed by atoms with Gasteiger partial charge in [-0.3, -0.25) is 0 Å². The number of pyridine rings is 1. The van der Waals surface area contributed by atoms with Crippen LogP contribution in [0.1, 0.15) is 24.6 Å². The molecular formula is C15H19BrClN3S. The molecule has 21 heavy (non-hydrogen) atoms. The molecule has 0 aliphatic heterocycles. The fraction of sp³-hybridized carbons (Fsp3) is 0.400. The first kappa shape index (κ1) is 16.7. The van der Waals surface area contributed by atoms with Gasteiger partial charge in [-0.25, -0.2) is 4.98 Å². The van der Waals surface area contributed by atoms with E-state index in [2.05, 4.69) is 49.5 Å². The summed E-state index contributed by atoms with van der Waals surface area (Å²) in [6.45, 7) is 4.66. The molecule has 0 saturated carbocycles. The van der Waals surface area contributed by atoms with Crippen molar-refractivity contribution < 1.29 is 0 Å². The van der Waals surface area contributed by atoms with Gasteiger partial charge >= 0.3 is 0 Å². The van der Waals surface area contributed by atoms with Gasteiger partial charge in [-0.15, -0.1) is 11.3 Å². The molecule has 2 aromatic heterocycles. The van der Waals surface area contributed by atoms with Gasteiger partial charge < -0.3 is 10.2 Å². The van der Waals surface area contributed by atoms with E-state index in [-0.39, 0.29) is 0 Å². The molecule has 0 aliphatic carbocycles. The Morgan fingerprint density at radius 3 is 2.90 bits per heavy atom. The van der Waals surface area contributed by atoms with Crippen LogP contribution >= 0.6 is 38.9 Å². The number of anilines is 1. The summed E-state index contributed by atoms with van der Waals surface area (Å²) < 4.78 is 1.15. The molecule has 0 atom stereocenters. The van der Waals surface area contributed by atoms with Crippen molar-refractivity contribution in [2.45, 2.75) is 26.4 Å². The molecule has 2 rings (SSSR count). The smallest absolute Gasteiger partial charge is 0.129 e. The van der Waals surface area contributed by atoms with Crippen LogP contribution in [0.2, 0.25) is 5.02 Å². The Morgan fingerprint density at radius 1 is 1.43 bits per heavy atom. The Hall–Kier alpha value is -0.620. The molecule has 0 saturated heterocycles. The molecular weight excluding hydrogens is 370 g/mol. The number of thiophene rings is 1. The number of aromatic nitrogens is 1. The van der Waals surface area contributed by atoms with Crippen molar-refractivity contribution in [1.29, 1.82) is 0 Å². The van der Waals surface area contributed by atoms with Crippen LogP contribution in [0, 0.1) is 0 Å². The van der Waals surface area contributed by atoms with Crippen LogP contribution < -0.4 is 10.2 Å². The van der Waals surface area contributed by atoms with Crippen LogP contribution in [0.25, 0.3) is 0 Å². The van der Waals surface area contributed by atoms with Crippen LogP contribution in [0.15, 0.2) is 27.4 Å². The third-order valence-electron chi connectivity index (χ3n) is 3.06. The summed E-state index contributed by atoms with van der Waals surface area (Å²) in [7, 11) is 2.05. The van der Waals surface area contributed by atoms with Crippen LogP contribution in [-0.4, -0.2) is 18.6 Å². The molecule has 0 bridgehead atoms. The summed E-state index contributed by atoms with van der Waals surface area (Å²) in [4.78, 5) is 6.80. The highest BCUT2D eigenvalue weighted by molar-refractivity contribution is 9.11. The van der Waals surface area contributed by atoms with E-state index in [0.29, 0.717) is 11.6 Å². The van der Waals surface area contributed by atoms with Gasteiger partial charge in [0.05, 0.1) is 14.5 Å². The maximum Gasteiger partial charge on any atom is 0.129 e. The van der Waals surface area contributed by atoms with Gasteiger partial charge in [0, 0.05) is 20.1 Å². The third-order valence-corrected chi connectivity index (χ3v) is 4.95. The van der Waals surface area contributed by atoms with Crippen molar-refractivity contribution >= 4 is 44.7 Å². The molecule has 0 fully saturated rings. The molecule has 0 aromatic carbocycles. The lowest BCUT2D eigenvalue weighted by Gasteiger charge is -2.19. The summed E-state index contributed by atoms with van der Waals surface area (Å²) in [6.07, 6.45) is 1.10. The number of rotatable bonds is 7. The Kier molecular flexibility index (Phi) is 6.48. The zero-order valence-corrected chi connectivity index (χ0v) is 15.4. The maximum absolute atomic E-state index is 6.22. The van der Waals surface area contributed by atoms with Crippen molar-refractivity contribution in [3.63, 3.8) is 0 Å². The largest absolute Gasteiger partial charge is 0.355 e. The average molecular weight is 389 g/mol. The van der Waals surface area contributed by atoms with E-state index in [1.54, 1.807) is 11.3 Å². The summed E-state index contributed by atoms with van der Waals surface area (Å²) in [5.74, 6) is 0.940. The second-order valence-electron chi connectivity index (χ2n) is 4.89. The van der Waals surface area contributed by atoms with Crippen molar-refractivity contribution in [3.05, 3.63) is 43.6 Å². The topological polar surface area (TPSA) is 28.2 Å². The summed E-state index contributed by atoms with van der Waals surface area (Å²) in [6, 6.07) is 6.03. The van der Waals surface area contributed by atoms with E-state index >= 15 is 0 Å². The van der Waals surface area contributed by atoms with Gasteiger partial charge in [0.2, 0.25) is 0 Å². The first-order valence-corrected chi connectivity index (χ1v) is 8.95. The van der Waals surface area contributed by atoms with Gasteiger partial charge in [-0.1, -0.05) is 18.5 Å². The van der Waals surface area contributed by atoms with Crippen LogP contribution in [0.5, 0.6) is 0 Å². The minimum atomic E-state index is 0.707.